The van der Waals surface area contributed by atoms with Crippen LogP contribution in [0.25, 0.3) is 0 Å². The number of nitrogens with zero attached hydrogens (tertiary/aromatic N) is 1. The van der Waals surface area contributed by atoms with Gasteiger partial charge in [-0.1, -0.05) is 11.6 Å². The van der Waals surface area contributed by atoms with E-state index in [-0.39, 0.29) is 6.61 Å². The molecular weight excluding hydrogens is 488 g/mol. The van der Waals surface area contributed by atoms with Crippen molar-refractivity contribution in [3.05, 3.63) is 53.1 Å². The second-order valence-corrected chi connectivity index (χ2v) is 7.41. The number of ether oxygens (including phenoxy) is 1. The van der Waals surface area contributed by atoms with Gasteiger partial charge in [0.05, 0.1) is 6.61 Å². The lowest BCUT2D eigenvalue weighted by Crippen LogP contribution is -2.23. The fraction of sp³-hybridized carbons (Fsp3) is 0.364. The van der Waals surface area contributed by atoms with Gasteiger partial charge in [-0.15, -0.1) is 0 Å². The average molecular weight is 517 g/mol. The molecule has 0 amide bonds. The minimum atomic E-state index is -1.26. The second-order valence-electron chi connectivity index (χ2n) is 6.97. The first-order valence-corrected chi connectivity index (χ1v) is 10.6. The van der Waals surface area contributed by atoms with Crippen molar-refractivity contribution in [3.63, 3.8) is 0 Å². The van der Waals surface area contributed by atoms with Gasteiger partial charge < -0.3 is 36.0 Å². The smallest absolute Gasteiger partial charge is 0.328 e. The van der Waals surface area contributed by atoms with E-state index in [9.17, 15) is 19.2 Å². The van der Waals surface area contributed by atoms with Crippen LogP contribution in [0, 0.1) is 5.92 Å². The van der Waals surface area contributed by atoms with Crippen LogP contribution in [0.2, 0.25) is 5.02 Å². The number of rotatable bonds is 10. The summed E-state index contributed by atoms with van der Waals surface area (Å²) in [6, 6.07) is 5.61. The zero-order chi connectivity index (χ0) is 26.8. The van der Waals surface area contributed by atoms with E-state index in [1.807, 2.05) is 18.2 Å². The number of hydrogen-bond acceptors (Lipinski definition) is 8. The number of hydrogen-bond donors (Lipinski definition) is 6. The zero-order valence-electron chi connectivity index (χ0n) is 18.7. The molecule has 1 aliphatic heterocycles. The Hall–Kier alpha value is -3.45. The van der Waals surface area contributed by atoms with Crippen molar-refractivity contribution in [2.75, 3.05) is 32.8 Å². The number of nitrogens with two attached hydrogens (primary N) is 1. The quantitative estimate of drug-likeness (QED) is 0.240. The molecule has 1 fully saturated rings. The molecule has 0 radical (unpaired) electrons. The van der Waals surface area contributed by atoms with Gasteiger partial charge in [-0.2, -0.15) is 0 Å². The lowest BCUT2D eigenvalue weighted by Gasteiger charge is -2.18. The molecule has 7 N–H and O–H groups in total. The standard InChI is InChI=1S/C14H21ClN2O2.2C4H4O4/c15-13-1-2-14(19-6-5-18)12(7-13)10-17-4-3-11(8-16)9-17;2*5-3(6)1-2-4(7)8/h1-2,7,11,18H,3-6,8-10,16H2;2*1-2H,(H,5,6)(H,7,8)/b;2*2-1+/t11-;;/m0../s1. The normalized spacial score (nSPS) is 15.1. The van der Waals surface area contributed by atoms with Crippen LogP contribution in [0.4, 0.5) is 0 Å². The minimum absolute atomic E-state index is 0.0149. The van der Waals surface area contributed by atoms with Gasteiger partial charge in [0.2, 0.25) is 0 Å². The summed E-state index contributed by atoms with van der Waals surface area (Å²) in [5, 5.41) is 40.8. The number of aliphatic hydroxyl groups excluding tert-OH is 1. The van der Waals surface area contributed by atoms with Gasteiger partial charge in [-0.25, -0.2) is 19.2 Å². The van der Waals surface area contributed by atoms with Crippen LogP contribution in [0.1, 0.15) is 12.0 Å². The summed E-state index contributed by atoms with van der Waals surface area (Å²) in [6.45, 7) is 3.98. The maximum absolute atomic E-state index is 9.55. The Morgan fingerprint density at radius 2 is 1.51 bits per heavy atom. The van der Waals surface area contributed by atoms with E-state index in [0.717, 1.165) is 43.9 Å². The molecule has 1 atom stereocenters. The van der Waals surface area contributed by atoms with E-state index in [1.165, 1.54) is 0 Å². The molecule has 0 aliphatic carbocycles. The van der Waals surface area contributed by atoms with E-state index in [0.29, 0.717) is 41.9 Å². The molecule has 1 aromatic carbocycles. The molecule has 12 nitrogen and oxygen atoms in total. The van der Waals surface area contributed by atoms with E-state index < -0.39 is 23.9 Å². The first-order chi connectivity index (χ1) is 16.5. The number of halogens is 1. The maximum atomic E-state index is 9.55. The summed E-state index contributed by atoms with van der Waals surface area (Å²) in [5.41, 5.74) is 6.78. The van der Waals surface area contributed by atoms with E-state index in [4.69, 9.17) is 47.6 Å². The number of carboxylic acids is 4. The van der Waals surface area contributed by atoms with Crippen LogP contribution < -0.4 is 10.5 Å². The first kappa shape index (κ1) is 31.6. The van der Waals surface area contributed by atoms with Crippen molar-refractivity contribution < 1.29 is 49.4 Å². The van der Waals surface area contributed by atoms with Crippen LogP contribution in [0.15, 0.2) is 42.5 Å². The number of likely N-dealkylation sites (tertiary alicyclic amines) is 1. The Labute approximate surface area is 206 Å². The molecule has 0 aromatic heterocycles. The van der Waals surface area contributed by atoms with E-state index in [1.54, 1.807) is 0 Å². The molecule has 1 aromatic rings. The summed E-state index contributed by atoms with van der Waals surface area (Å²) in [4.78, 5) is 40.6. The lowest BCUT2D eigenvalue weighted by molar-refractivity contribution is -0.134. The number of carbonyl (C=O) groups is 4. The number of aliphatic hydroxyl groups is 1. The number of benzene rings is 1. The Kier molecular flexibility index (Phi) is 16.2. The highest BCUT2D eigenvalue weighted by atomic mass is 35.5. The fourth-order valence-corrected chi connectivity index (χ4v) is 2.94. The molecule has 1 aliphatic rings. The van der Waals surface area contributed by atoms with Crippen LogP contribution in [-0.2, 0) is 25.7 Å². The third-order valence-electron chi connectivity index (χ3n) is 4.21. The Morgan fingerprint density at radius 3 is 1.91 bits per heavy atom. The van der Waals surface area contributed by atoms with Crippen LogP contribution in [0.5, 0.6) is 5.75 Å². The monoisotopic (exact) mass is 516 g/mol. The van der Waals surface area contributed by atoms with Gasteiger partial charge in [0.25, 0.3) is 0 Å². The van der Waals surface area contributed by atoms with Crippen LogP contribution >= 0.6 is 11.6 Å². The van der Waals surface area contributed by atoms with Crippen molar-refractivity contribution in [2.45, 2.75) is 13.0 Å². The van der Waals surface area contributed by atoms with Crippen molar-refractivity contribution >= 4 is 35.5 Å². The molecule has 13 heteroatoms. The Balaban J connectivity index is 0.000000601. The minimum Gasteiger partial charge on any atom is -0.491 e. The van der Waals surface area contributed by atoms with Gasteiger partial charge in [-0.05, 0) is 43.6 Å². The Morgan fingerprint density at radius 1 is 1.00 bits per heavy atom. The molecule has 0 saturated carbocycles. The summed E-state index contributed by atoms with van der Waals surface area (Å²) >= 11 is 6.05. The molecule has 0 spiro atoms. The van der Waals surface area contributed by atoms with Crippen LogP contribution in [-0.4, -0.2) is 87.2 Å². The van der Waals surface area contributed by atoms with Crippen molar-refractivity contribution in [1.29, 1.82) is 0 Å². The highest BCUT2D eigenvalue weighted by Gasteiger charge is 2.22. The summed E-state index contributed by atoms with van der Waals surface area (Å²) in [7, 11) is 0. The summed E-state index contributed by atoms with van der Waals surface area (Å²) < 4.78 is 5.54. The van der Waals surface area contributed by atoms with Gasteiger partial charge in [0.1, 0.15) is 12.4 Å². The number of carboxylic acid groups (broad SMARTS) is 4. The molecule has 0 bridgehead atoms. The highest BCUT2D eigenvalue weighted by molar-refractivity contribution is 6.30. The van der Waals surface area contributed by atoms with E-state index in [2.05, 4.69) is 4.90 Å². The van der Waals surface area contributed by atoms with Gasteiger partial charge in [-0.3, -0.25) is 4.90 Å². The lowest BCUT2D eigenvalue weighted by atomic mass is 10.1. The maximum Gasteiger partial charge on any atom is 0.328 e. The topological polar surface area (TPSA) is 208 Å². The zero-order valence-corrected chi connectivity index (χ0v) is 19.5. The largest absolute Gasteiger partial charge is 0.491 e. The molecular formula is C22H29ClN2O10. The fourth-order valence-electron chi connectivity index (χ4n) is 2.74. The summed E-state index contributed by atoms with van der Waals surface area (Å²) in [6.07, 6.45) is 3.39. The molecule has 1 heterocycles. The molecule has 194 valence electrons. The predicted molar refractivity (Wildman–Crippen MR) is 125 cm³/mol. The predicted octanol–water partition coefficient (Wildman–Crippen LogP) is 0.915. The van der Waals surface area contributed by atoms with Crippen molar-refractivity contribution in [2.24, 2.45) is 11.7 Å². The molecule has 2 rings (SSSR count). The summed E-state index contributed by atoms with van der Waals surface area (Å²) in [5.74, 6) is -3.63. The van der Waals surface area contributed by atoms with E-state index >= 15 is 0 Å². The second kappa shape index (κ2) is 18.0. The van der Waals surface area contributed by atoms with Gasteiger partial charge >= 0.3 is 23.9 Å². The molecule has 35 heavy (non-hydrogen) atoms. The third-order valence-corrected chi connectivity index (χ3v) is 4.44. The van der Waals surface area contributed by atoms with Gasteiger partial charge in [0, 0.05) is 48.0 Å². The van der Waals surface area contributed by atoms with Crippen LogP contribution in [0.3, 0.4) is 0 Å². The SMILES string of the molecule is NC[C@@H]1CCN(Cc2cc(Cl)ccc2OCCO)C1.O=C(O)/C=C/C(=O)O.O=C(O)/C=C/C(=O)O. The van der Waals surface area contributed by atoms with Crippen molar-refractivity contribution in [3.8, 4) is 5.75 Å². The third kappa shape index (κ3) is 16.8. The Bertz CT molecular complexity index is 838. The average Bonchev–Trinajstić information content (AvgIpc) is 3.24. The number of aliphatic carboxylic acids is 4. The van der Waals surface area contributed by atoms with Gasteiger partial charge in [0.15, 0.2) is 0 Å². The molecule has 1 saturated heterocycles. The van der Waals surface area contributed by atoms with Crippen molar-refractivity contribution in [1.82, 2.24) is 4.90 Å². The molecule has 0 unspecified atom stereocenters. The highest BCUT2D eigenvalue weighted by Crippen LogP contribution is 2.26. The first-order valence-electron chi connectivity index (χ1n) is 10.2.